The van der Waals surface area contributed by atoms with E-state index in [1.165, 1.54) is 0 Å². The van der Waals surface area contributed by atoms with Gasteiger partial charge in [-0.15, -0.1) is 10.2 Å². The van der Waals surface area contributed by atoms with Gasteiger partial charge in [0.25, 0.3) is 0 Å². The van der Waals surface area contributed by atoms with Crippen molar-refractivity contribution in [3.05, 3.63) is 23.4 Å². The second kappa shape index (κ2) is 7.77. The van der Waals surface area contributed by atoms with Gasteiger partial charge in [0.1, 0.15) is 23.3 Å². The van der Waals surface area contributed by atoms with Crippen LogP contribution in [0.1, 0.15) is 48.8 Å². The summed E-state index contributed by atoms with van der Waals surface area (Å²) in [4.78, 5) is 7.91. The highest BCUT2D eigenvalue weighted by atomic mass is 19.4. The maximum absolute atomic E-state index is 13.3. The molecule has 11 heteroatoms. The molecule has 8 nitrogen and oxygen atoms in total. The summed E-state index contributed by atoms with van der Waals surface area (Å²) in [5.74, 6) is 1.68. The van der Waals surface area contributed by atoms with Gasteiger partial charge in [0.15, 0.2) is 0 Å². The first kappa shape index (κ1) is 19.9. The van der Waals surface area contributed by atoms with Gasteiger partial charge in [-0.25, -0.2) is 4.98 Å². The van der Waals surface area contributed by atoms with Gasteiger partial charge in [-0.2, -0.15) is 18.2 Å². The van der Waals surface area contributed by atoms with Crippen LogP contribution in [0.25, 0.3) is 0 Å². The van der Waals surface area contributed by atoms with Gasteiger partial charge in [0, 0.05) is 25.2 Å². The van der Waals surface area contributed by atoms with Gasteiger partial charge >= 0.3 is 6.18 Å². The average Bonchev–Trinajstić information content (AvgIpc) is 2.97. The molecule has 2 aromatic heterocycles. The molecule has 0 aromatic carbocycles. The van der Waals surface area contributed by atoms with Crippen molar-refractivity contribution in [3.8, 4) is 5.88 Å². The molecule has 1 aliphatic carbocycles. The van der Waals surface area contributed by atoms with Gasteiger partial charge < -0.3 is 19.4 Å². The molecule has 3 heterocycles. The Kier molecular flexibility index (Phi) is 5.32. The second-order valence-corrected chi connectivity index (χ2v) is 7.56. The summed E-state index contributed by atoms with van der Waals surface area (Å²) < 4.78 is 52.1. The molecule has 4 rings (SSSR count). The van der Waals surface area contributed by atoms with Crippen molar-refractivity contribution in [1.29, 1.82) is 0 Å². The quantitative estimate of drug-likeness (QED) is 0.808. The first-order chi connectivity index (χ1) is 13.8. The monoisotopic (exact) mass is 412 g/mol. The standard InChI is InChI=1S/C18H23F3N6O2/c1-10-25-26-15(27(10)2)11-4-3-5-12(6-11)23-17-22-7-14(18(19,20)21)16(24-17)29-13-8-28-9-13/h7,11-13H,3-6,8-9H2,1-2H3,(H,22,23,24)/t11-,12+/m0/s1. The Morgan fingerprint density at radius 1 is 1.24 bits per heavy atom. The number of nitrogens with zero attached hydrogens (tertiary/aromatic N) is 5. The third-order valence-electron chi connectivity index (χ3n) is 5.44. The number of aryl methyl sites for hydroxylation is 1. The van der Waals surface area contributed by atoms with Crippen LogP contribution in [0.2, 0.25) is 0 Å². The molecule has 158 valence electrons. The molecule has 2 fully saturated rings. The molecule has 1 saturated carbocycles. The summed E-state index contributed by atoms with van der Waals surface area (Å²) in [6.07, 6.45) is -0.607. The summed E-state index contributed by atoms with van der Waals surface area (Å²) >= 11 is 0. The van der Waals surface area contributed by atoms with E-state index >= 15 is 0 Å². The van der Waals surface area contributed by atoms with Crippen molar-refractivity contribution in [3.63, 3.8) is 0 Å². The summed E-state index contributed by atoms with van der Waals surface area (Å²) in [5, 5.41) is 11.6. The molecule has 2 atom stereocenters. The molecule has 1 N–H and O–H groups in total. The van der Waals surface area contributed by atoms with Crippen molar-refractivity contribution >= 4 is 5.95 Å². The molecule has 0 bridgehead atoms. The van der Waals surface area contributed by atoms with E-state index in [2.05, 4.69) is 25.5 Å². The molecule has 1 aliphatic heterocycles. The first-order valence-electron chi connectivity index (χ1n) is 9.62. The Morgan fingerprint density at radius 2 is 2.03 bits per heavy atom. The van der Waals surface area contributed by atoms with E-state index in [9.17, 15) is 13.2 Å². The number of anilines is 1. The van der Waals surface area contributed by atoms with Crippen LogP contribution in [0.15, 0.2) is 6.20 Å². The maximum Gasteiger partial charge on any atom is 0.423 e. The normalized spacial score (nSPS) is 22.9. The highest BCUT2D eigenvalue weighted by Gasteiger charge is 2.38. The number of alkyl halides is 3. The summed E-state index contributed by atoms with van der Waals surface area (Å²) in [6, 6.07) is 0.0300. The number of nitrogens with one attached hydrogen (secondary N) is 1. The van der Waals surface area contributed by atoms with Gasteiger partial charge in [-0.1, -0.05) is 6.42 Å². The average molecular weight is 412 g/mol. The molecule has 2 aromatic rings. The zero-order chi connectivity index (χ0) is 20.6. The van der Waals surface area contributed by atoms with Crippen molar-refractivity contribution < 1.29 is 22.6 Å². The number of rotatable bonds is 5. The molecule has 0 amide bonds. The molecular formula is C18H23F3N6O2. The Balaban J connectivity index is 1.49. The van der Waals surface area contributed by atoms with Crippen LogP contribution < -0.4 is 10.1 Å². The number of hydrogen-bond acceptors (Lipinski definition) is 7. The molecule has 2 aliphatic rings. The fraction of sp³-hybridized carbons (Fsp3) is 0.667. The second-order valence-electron chi connectivity index (χ2n) is 7.56. The highest BCUT2D eigenvalue weighted by molar-refractivity contribution is 5.36. The van der Waals surface area contributed by atoms with E-state index in [1.54, 1.807) is 0 Å². The van der Waals surface area contributed by atoms with Crippen molar-refractivity contribution in [2.24, 2.45) is 7.05 Å². The van der Waals surface area contributed by atoms with Crippen LogP contribution in [0, 0.1) is 6.92 Å². The summed E-state index contributed by atoms with van der Waals surface area (Å²) in [5.41, 5.74) is -0.981. The molecular weight excluding hydrogens is 389 g/mol. The topological polar surface area (TPSA) is 87.0 Å². The minimum absolute atomic E-state index is 0.0300. The van der Waals surface area contributed by atoms with E-state index in [-0.39, 0.29) is 31.1 Å². The summed E-state index contributed by atoms with van der Waals surface area (Å²) in [7, 11) is 1.94. The number of ether oxygens (including phenoxy) is 2. The Labute approximate surface area is 165 Å². The smallest absolute Gasteiger partial charge is 0.423 e. The van der Waals surface area contributed by atoms with Crippen molar-refractivity contribution in [2.45, 2.75) is 56.8 Å². The third kappa shape index (κ3) is 4.29. The fourth-order valence-electron chi connectivity index (χ4n) is 3.68. The van der Waals surface area contributed by atoms with E-state index in [0.29, 0.717) is 0 Å². The van der Waals surface area contributed by atoms with Crippen LogP contribution in [0.3, 0.4) is 0 Å². The van der Waals surface area contributed by atoms with Gasteiger partial charge in [0.2, 0.25) is 11.8 Å². The molecule has 1 saturated heterocycles. The van der Waals surface area contributed by atoms with Crippen LogP contribution in [0.5, 0.6) is 5.88 Å². The first-order valence-corrected chi connectivity index (χ1v) is 9.62. The molecule has 0 radical (unpaired) electrons. The predicted molar refractivity (Wildman–Crippen MR) is 96.6 cm³/mol. The lowest BCUT2D eigenvalue weighted by molar-refractivity contribution is -0.142. The number of halogens is 3. The largest absolute Gasteiger partial charge is 0.469 e. The fourth-order valence-corrected chi connectivity index (χ4v) is 3.68. The van der Waals surface area contributed by atoms with Crippen LogP contribution in [-0.4, -0.2) is 50.1 Å². The van der Waals surface area contributed by atoms with Crippen molar-refractivity contribution in [1.82, 2.24) is 24.7 Å². The van der Waals surface area contributed by atoms with Crippen molar-refractivity contribution in [2.75, 3.05) is 18.5 Å². The molecule has 29 heavy (non-hydrogen) atoms. The van der Waals surface area contributed by atoms with E-state index in [1.807, 2.05) is 18.5 Å². The summed E-state index contributed by atoms with van der Waals surface area (Å²) in [6.45, 7) is 2.41. The zero-order valence-electron chi connectivity index (χ0n) is 16.2. The maximum atomic E-state index is 13.3. The van der Waals surface area contributed by atoms with Gasteiger partial charge in [-0.05, 0) is 26.2 Å². The molecule has 0 spiro atoms. The zero-order valence-corrected chi connectivity index (χ0v) is 16.2. The minimum atomic E-state index is -4.59. The lowest BCUT2D eigenvalue weighted by Crippen LogP contribution is -2.39. The Morgan fingerprint density at radius 3 is 2.66 bits per heavy atom. The van der Waals surface area contributed by atoms with Gasteiger partial charge in [-0.3, -0.25) is 0 Å². The highest BCUT2D eigenvalue weighted by Crippen LogP contribution is 2.37. The Hall–Kier alpha value is -2.43. The number of hydrogen-bond donors (Lipinski definition) is 1. The van der Waals surface area contributed by atoms with Crippen LogP contribution in [-0.2, 0) is 18.0 Å². The number of aromatic nitrogens is 5. The Bertz CT molecular complexity index is 868. The van der Waals surface area contributed by atoms with E-state index < -0.39 is 23.7 Å². The minimum Gasteiger partial charge on any atom is -0.469 e. The van der Waals surface area contributed by atoms with Gasteiger partial charge in [0.05, 0.1) is 13.2 Å². The van der Waals surface area contributed by atoms with E-state index in [4.69, 9.17) is 9.47 Å². The third-order valence-corrected chi connectivity index (χ3v) is 5.44. The molecule has 0 unspecified atom stereocenters. The van der Waals surface area contributed by atoms with E-state index in [0.717, 1.165) is 43.5 Å². The lowest BCUT2D eigenvalue weighted by atomic mass is 9.85. The lowest BCUT2D eigenvalue weighted by Gasteiger charge is -2.30. The predicted octanol–water partition coefficient (Wildman–Crippen LogP) is 2.85. The van der Waals surface area contributed by atoms with Crippen LogP contribution >= 0.6 is 0 Å². The van der Waals surface area contributed by atoms with Crippen LogP contribution in [0.4, 0.5) is 19.1 Å². The SMILES string of the molecule is Cc1nnc([C@H]2CCC[C@@H](Nc3ncc(C(F)(F)F)c(OC4COC4)n3)C2)n1C.